The van der Waals surface area contributed by atoms with E-state index in [4.69, 9.17) is 11.5 Å². The molecule has 1 aromatic carbocycles. The van der Waals surface area contributed by atoms with Gasteiger partial charge in [-0.2, -0.15) is 5.10 Å². The molecule has 0 aliphatic heterocycles. The highest BCUT2D eigenvalue weighted by molar-refractivity contribution is 5.88. The van der Waals surface area contributed by atoms with E-state index in [1.54, 1.807) is 16.6 Å². The van der Waals surface area contributed by atoms with Crippen LogP contribution in [-0.4, -0.2) is 14.6 Å². The van der Waals surface area contributed by atoms with E-state index in [1.807, 2.05) is 13.0 Å². The summed E-state index contributed by atoms with van der Waals surface area (Å²) in [7, 11) is 0. The maximum absolute atomic E-state index is 14.1. The third-order valence-electron chi connectivity index (χ3n) is 3.30. The standard InChI is InChI=1S/C14H14FN5/c1-2-9-6-11(10-4-3-8(16)5-12(10)15)13-14(17)18-7-19-20(9)13/h3-7H,2,16H2,1H3,(H2,17,18,19). The first-order valence-corrected chi connectivity index (χ1v) is 6.28. The number of nitrogens with zero attached hydrogens (tertiary/aromatic N) is 3. The Bertz CT molecular complexity index is 794. The summed E-state index contributed by atoms with van der Waals surface area (Å²) >= 11 is 0. The number of anilines is 2. The Labute approximate surface area is 115 Å². The van der Waals surface area contributed by atoms with Crippen molar-refractivity contribution >= 4 is 17.0 Å². The van der Waals surface area contributed by atoms with Gasteiger partial charge in [0, 0.05) is 22.5 Å². The van der Waals surface area contributed by atoms with Crippen LogP contribution in [0.15, 0.2) is 30.6 Å². The Balaban J connectivity index is 2.36. The van der Waals surface area contributed by atoms with Crippen molar-refractivity contribution in [2.24, 2.45) is 0 Å². The van der Waals surface area contributed by atoms with E-state index in [-0.39, 0.29) is 5.82 Å². The Morgan fingerprint density at radius 3 is 2.70 bits per heavy atom. The fraction of sp³-hybridized carbons (Fsp3) is 0.143. The van der Waals surface area contributed by atoms with Gasteiger partial charge in [-0.1, -0.05) is 6.92 Å². The van der Waals surface area contributed by atoms with Crippen LogP contribution in [-0.2, 0) is 6.42 Å². The van der Waals surface area contributed by atoms with Gasteiger partial charge in [-0.25, -0.2) is 13.9 Å². The van der Waals surface area contributed by atoms with Gasteiger partial charge in [-0.3, -0.25) is 0 Å². The number of nitrogen functional groups attached to an aromatic ring is 2. The second kappa shape index (κ2) is 4.48. The summed E-state index contributed by atoms with van der Waals surface area (Å²) in [5, 5.41) is 4.18. The van der Waals surface area contributed by atoms with Crippen molar-refractivity contribution in [2.45, 2.75) is 13.3 Å². The van der Waals surface area contributed by atoms with Crippen molar-refractivity contribution in [3.8, 4) is 11.1 Å². The minimum absolute atomic E-state index is 0.325. The minimum atomic E-state index is -0.386. The van der Waals surface area contributed by atoms with Crippen LogP contribution in [0.4, 0.5) is 15.9 Å². The molecule has 0 unspecified atom stereocenters. The lowest BCUT2D eigenvalue weighted by molar-refractivity contribution is 0.632. The molecule has 0 spiro atoms. The van der Waals surface area contributed by atoms with Gasteiger partial charge in [-0.15, -0.1) is 0 Å². The van der Waals surface area contributed by atoms with Gasteiger partial charge in [-0.05, 0) is 30.7 Å². The van der Waals surface area contributed by atoms with E-state index in [9.17, 15) is 4.39 Å². The quantitative estimate of drug-likeness (QED) is 0.700. The third-order valence-corrected chi connectivity index (χ3v) is 3.30. The smallest absolute Gasteiger partial charge is 0.151 e. The highest BCUT2D eigenvalue weighted by Gasteiger charge is 2.16. The number of halogens is 1. The molecule has 2 heterocycles. The fourth-order valence-corrected chi connectivity index (χ4v) is 2.34. The van der Waals surface area contributed by atoms with E-state index >= 15 is 0 Å². The van der Waals surface area contributed by atoms with Gasteiger partial charge < -0.3 is 11.5 Å². The summed E-state index contributed by atoms with van der Waals surface area (Å²) in [6.45, 7) is 2.00. The van der Waals surface area contributed by atoms with Crippen molar-refractivity contribution in [1.29, 1.82) is 0 Å². The van der Waals surface area contributed by atoms with Crippen LogP contribution in [0.3, 0.4) is 0 Å². The number of aromatic nitrogens is 3. The van der Waals surface area contributed by atoms with Crippen LogP contribution in [0, 0.1) is 5.82 Å². The average Bonchev–Trinajstić information content (AvgIpc) is 2.79. The lowest BCUT2D eigenvalue weighted by atomic mass is 10.1. The normalized spacial score (nSPS) is 11.1. The topological polar surface area (TPSA) is 82.2 Å². The molecule has 0 atom stereocenters. The van der Waals surface area contributed by atoms with E-state index < -0.39 is 0 Å². The monoisotopic (exact) mass is 271 g/mol. The third kappa shape index (κ3) is 1.77. The average molecular weight is 271 g/mol. The molecule has 5 nitrogen and oxygen atoms in total. The Hall–Kier alpha value is -2.63. The summed E-state index contributed by atoms with van der Waals surface area (Å²) < 4.78 is 15.8. The molecule has 4 N–H and O–H groups in total. The van der Waals surface area contributed by atoms with Gasteiger partial charge in [0.2, 0.25) is 0 Å². The van der Waals surface area contributed by atoms with Gasteiger partial charge in [0.15, 0.2) is 5.82 Å². The number of nitrogens with two attached hydrogens (primary N) is 2. The molecule has 0 radical (unpaired) electrons. The van der Waals surface area contributed by atoms with Crippen LogP contribution in [0.1, 0.15) is 12.6 Å². The highest BCUT2D eigenvalue weighted by Crippen LogP contribution is 2.32. The van der Waals surface area contributed by atoms with E-state index in [0.29, 0.717) is 28.1 Å². The number of hydrogen-bond donors (Lipinski definition) is 2. The highest BCUT2D eigenvalue weighted by atomic mass is 19.1. The zero-order valence-electron chi connectivity index (χ0n) is 11.0. The zero-order valence-corrected chi connectivity index (χ0v) is 11.0. The summed E-state index contributed by atoms with van der Waals surface area (Å²) in [4.78, 5) is 3.99. The maximum atomic E-state index is 14.1. The van der Waals surface area contributed by atoms with Crippen LogP contribution in [0.25, 0.3) is 16.6 Å². The molecule has 0 aliphatic rings. The molecule has 0 saturated carbocycles. The number of hydrogen-bond acceptors (Lipinski definition) is 4. The number of aryl methyl sites for hydroxylation is 1. The summed E-state index contributed by atoms with van der Waals surface area (Å²) in [5.41, 5.74) is 14.6. The van der Waals surface area contributed by atoms with Gasteiger partial charge >= 0.3 is 0 Å². The van der Waals surface area contributed by atoms with Crippen molar-refractivity contribution in [3.63, 3.8) is 0 Å². The molecule has 0 aliphatic carbocycles. The minimum Gasteiger partial charge on any atom is -0.399 e. The molecule has 0 fully saturated rings. The zero-order chi connectivity index (χ0) is 14.3. The number of fused-ring (bicyclic) bond motifs is 1. The van der Waals surface area contributed by atoms with Crippen molar-refractivity contribution in [1.82, 2.24) is 14.6 Å². The van der Waals surface area contributed by atoms with Crippen molar-refractivity contribution in [3.05, 3.63) is 42.1 Å². The molecule has 0 saturated heterocycles. The van der Waals surface area contributed by atoms with Gasteiger partial charge in [0.1, 0.15) is 17.7 Å². The number of rotatable bonds is 2. The Morgan fingerprint density at radius 2 is 2.00 bits per heavy atom. The first-order chi connectivity index (χ1) is 9.61. The molecule has 2 aromatic heterocycles. The lowest BCUT2D eigenvalue weighted by Crippen LogP contribution is -2.01. The summed E-state index contributed by atoms with van der Waals surface area (Å²) in [6.07, 6.45) is 2.15. The first-order valence-electron chi connectivity index (χ1n) is 6.28. The summed E-state index contributed by atoms with van der Waals surface area (Å²) in [6, 6.07) is 6.48. The molecular formula is C14H14FN5. The van der Waals surface area contributed by atoms with E-state index in [0.717, 1.165) is 12.1 Å². The van der Waals surface area contributed by atoms with Gasteiger partial charge in [0.25, 0.3) is 0 Å². The first kappa shape index (κ1) is 12.4. The van der Waals surface area contributed by atoms with E-state index in [1.165, 1.54) is 12.4 Å². The van der Waals surface area contributed by atoms with Crippen LogP contribution in [0.2, 0.25) is 0 Å². The summed E-state index contributed by atoms with van der Waals surface area (Å²) in [5.74, 6) is -0.0608. The molecule has 0 bridgehead atoms. The predicted molar refractivity (Wildman–Crippen MR) is 76.6 cm³/mol. The number of benzene rings is 1. The molecule has 6 heteroatoms. The van der Waals surface area contributed by atoms with Crippen molar-refractivity contribution in [2.75, 3.05) is 11.5 Å². The van der Waals surface area contributed by atoms with Gasteiger partial charge in [0.05, 0.1) is 0 Å². The predicted octanol–water partition coefficient (Wildman–Crippen LogP) is 2.26. The van der Waals surface area contributed by atoms with Crippen molar-refractivity contribution < 1.29 is 4.39 Å². The van der Waals surface area contributed by atoms with Crippen LogP contribution >= 0.6 is 0 Å². The molecule has 102 valence electrons. The van der Waals surface area contributed by atoms with Crippen LogP contribution in [0.5, 0.6) is 0 Å². The largest absolute Gasteiger partial charge is 0.399 e. The second-order valence-electron chi connectivity index (χ2n) is 4.55. The maximum Gasteiger partial charge on any atom is 0.151 e. The van der Waals surface area contributed by atoms with E-state index in [2.05, 4.69) is 10.1 Å². The molecule has 3 aromatic rings. The lowest BCUT2D eigenvalue weighted by Gasteiger charge is -2.04. The Morgan fingerprint density at radius 1 is 1.20 bits per heavy atom. The molecular weight excluding hydrogens is 257 g/mol. The molecule has 20 heavy (non-hydrogen) atoms. The Kier molecular flexibility index (Phi) is 2.78. The second-order valence-corrected chi connectivity index (χ2v) is 4.55. The SMILES string of the molecule is CCc1cc(-c2ccc(N)cc2F)c2c(N)ncnn12. The molecule has 0 amide bonds. The fourth-order valence-electron chi connectivity index (χ4n) is 2.34. The van der Waals surface area contributed by atoms with Crippen LogP contribution < -0.4 is 11.5 Å². The molecule has 3 rings (SSSR count).